The van der Waals surface area contributed by atoms with Crippen molar-refractivity contribution in [1.29, 1.82) is 0 Å². The highest BCUT2D eigenvalue weighted by Gasteiger charge is 2.33. The quantitative estimate of drug-likeness (QED) is 0.530. The molecule has 0 bridgehead atoms. The third kappa shape index (κ3) is 3.20. The molecule has 1 heterocycles. The van der Waals surface area contributed by atoms with Gasteiger partial charge in [0.15, 0.2) is 0 Å². The van der Waals surface area contributed by atoms with Crippen LogP contribution in [0.5, 0.6) is 5.75 Å². The van der Waals surface area contributed by atoms with Crippen LogP contribution in [0.2, 0.25) is 0 Å². The lowest BCUT2D eigenvalue weighted by Crippen LogP contribution is -2.15. The topological polar surface area (TPSA) is 26.3 Å². The summed E-state index contributed by atoms with van der Waals surface area (Å²) >= 11 is 0. The molecule has 0 amide bonds. The zero-order valence-electron chi connectivity index (χ0n) is 13.7. The molecule has 0 radical (unpaired) electrons. The molecule has 0 fully saturated rings. The number of benzene rings is 2. The third-order valence-electron chi connectivity index (χ3n) is 3.85. The molecule has 3 rings (SSSR count). The maximum absolute atomic E-state index is 13.5. The van der Waals surface area contributed by atoms with E-state index >= 15 is 0 Å². The monoisotopic (exact) mass is 324 g/mol. The molecule has 1 atom stereocenters. The number of hydrogen-bond donors (Lipinski definition) is 0. The molecule has 1 unspecified atom stereocenters. The van der Waals surface area contributed by atoms with Crippen LogP contribution in [0, 0.1) is 5.92 Å². The third-order valence-corrected chi connectivity index (χ3v) is 5.84. The molecule has 3 heteroatoms. The molecule has 1 aliphatic heterocycles. The average Bonchev–Trinajstić information content (AvgIpc) is 2.53. The van der Waals surface area contributed by atoms with Crippen LogP contribution in [0.25, 0.3) is 11.1 Å². The van der Waals surface area contributed by atoms with E-state index in [9.17, 15) is 4.57 Å². The molecule has 0 aromatic heterocycles. The first kappa shape index (κ1) is 15.9. The first-order chi connectivity index (χ1) is 11.0. The summed E-state index contributed by atoms with van der Waals surface area (Å²) in [6.45, 7) is 6.35. The lowest BCUT2D eigenvalue weighted by molar-refractivity contribution is 0.501. The normalized spacial score (nSPS) is 18.4. The summed E-state index contributed by atoms with van der Waals surface area (Å²) in [5.41, 5.74) is 6.27. The van der Waals surface area contributed by atoms with Gasteiger partial charge in [0.1, 0.15) is 5.75 Å². The van der Waals surface area contributed by atoms with E-state index in [1.54, 1.807) is 5.82 Å². The van der Waals surface area contributed by atoms with Gasteiger partial charge in [0.25, 0.3) is 0 Å². The first-order valence-electron chi connectivity index (χ1n) is 7.91. The Morgan fingerprint density at radius 2 is 1.78 bits per heavy atom. The Balaban J connectivity index is 2.12. The minimum Gasteiger partial charge on any atom is -0.436 e. The van der Waals surface area contributed by atoms with Crippen LogP contribution < -0.4 is 9.83 Å². The van der Waals surface area contributed by atoms with Crippen molar-refractivity contribution in [3.63, 3.8) is 0 Å². The molecular formula is C20H21O2P. The van der Waals surface area contributed by atoms with Gasteiger partial charge in [-0.1, -0.05) is 50.2 Å². The molecular weight excluding hydrogens is 303 g/mol. The van der Waals surface area contributed by atoms with Crippen molar-refractivity contribution in [3.8, 4) is 16.9 Å². The highest BCUT2D eigenvalue weighted by molar-refractivity contribution is 7.70. The molecule has 2 aromatic rings. The average molecular weight is 324 g/mol. The van der Waals surface area contributed by atoms with E-state index in [1.807, 2.05) is 55.5 Å². The van der Waals surface area contributed by atoms with Gasteiger partial charge in [-0.25, -0.2) is 0 Å². The fourth-order valence-corrected chi connectivity index (χ4v) is 4.86. The summed E-state index contributed by atoms with van der Waals surface area (Å²) in [4.78, 5) is 0. The molecule has 2 nitrogen and oxygen atoms in total. The van der Waals surface area contributed by atoms with E-state index in [0.717, 1.165) is 28.4 Å². The second-order valence-electron chi connectivity index (χ2n) is 6.35. The molecule has 23 heavy (non-hydrogen) atoms. The largest absolute Gasteiger partial charge is 0.436 e. The van der Waals surface area contributed by atoms with Crippen molar-refractivity contribution < 1.29 is 9.09 Å². The second-order valence-corrected chi connectivity index (χ2v) is 8.47. The Kier molecular flexibility index (Phi) is 4.31. The van der Waals surface area contributed by atoms with Crippen molar-refractivity contribution in [1.82, 2.24) is 0 Å². The smallest absolute Gasteiger partial charge is 0.307 e. The summed E-state index contributed by atoms with van der Waals surface area (Å²) in [6.07, 6.45) is 0.939. The first-order valence-corrected chi connectivity index (χ1v) is 9.60. The Morgan fingerprint density at radius 1 is 1.13 bits per heavy atom. The van der Waals surface area contributed by atoms with Crippen LogP contribution in [-0.2, 0) is 4.57 Å². The zero-order chi connectivity index (χ0) is 16.4. The second kappa shape index (κ2) is 6.24. The summed E-state index contributed by atoms with van der Waals surface area (Å²) < 4.78 is 19.4. The molecule has 2 aromatic carbocycles. The van der Waals surface area contributed by atoms with E-state index in [4.69, 9.17) is 4.52 Å². The molecule has 0 aliphatic carbocycles. The van der Waals surface area contributed by atoms with Gasteiger partial charge < -0.3 is 4.52 Å². The Bertz CT molecular complexity index is 842. The minimum atomic E-state index is -3.09. The molecule has 0 N–H and O–H groups in total. The van der Waals surface area contributed by atoms with Gasteiger partial charge in [-0.2, -0.15) is 0 Å². The summed E-state index contributed by atoms with van der Waals surface area (Å²) in [5, 5.41) is 0.753. The fraction of sp³-hybridized carbons (Fsp3) is 0.250. The lowest BCUT2D eigenvalue weighted by Gasteiger charge is -2.26. The lowest BCUT2D eigenvalue weighted by atomic mass is 10.0. The van der Waals surface area contributed by atoms with Crippen molar-refractivity contribution in [3.05, 3.63) is 65.7 Å². The number of rotatable bonds is 3. The molecule has 118 valence electrons. The van der Waals surface area contributed by atoms with E-state index in [0.29, 0.717) is 11.7 Å². The summed E-state index contributed by atoms with van der Waals surface area (Å²) in [6, 6.07) is 15.5. The van der Waals surface area contributed by atoms with Crippen LogP contribution in [0.15, 0.2) is 65.7 Å². The highest BCUT2D eigenvalue weighted by Crippen LogP contribution is 2.55. The minimum absolute atomic E-state index is 0.553. The van der Waals surface area contributed by atoms with Crippen molar-refractivity contribution in [2.45, 2.75) is 27.2 Å². The van der Waals surface area contributed by atoms with E-state index < -0.39 is 7.37 Å². The molecule has 0 saturated carbocycles. The Morgan fingerprint density at radius 3 is 2.52 bits per heavy atom. The number of allylic oxidation sites excluding steroid dienone is 1. The summed E-state index contributed by atoms with van der Waals surface area (Å²) in [5.74, 6) is 2.87. The predicted octanol–water partition coefficient (Wildman–Crippen LogP) is 5.75. The standard InChI is InChI=1S/C20H21O2P/c1-15(2)14-16(3)12-13-23(21)20-11-7-5-9-18(20)17-8-4-6-10-19(17)22-23/h4-11,13,15H,14H2,1-3H3. The van der Waals surface area contributed by atoms with Gasteiger partial charge in [-0.15, -0.1) is 5.73 Å². The van der Waals surface area contributed by atoms with Crippen LogP contribution in [-0.4, -0.2) is 0 Å². The van der Waals surface area contributed by atoms with Crippen LogP contribution in [0.3, 0.4) is 0 Å². The van der Waals surface area contributed by atoms with Crippen molar-refractivity contribution in [2.24, 2.45) is 5.92 Å². The van der Waals surface area contributed by atoms with E-state index in [1.165, 1.54) is 0 Å². The number of fused-ring (bicyclic) bond motifs is 3. The SMILES string of the molecule is CC(=C=CP1(=O)Oc2ccccc2-c2ccccc21)CC(C)C. The Hall–Kier alpha value is -2.01. The van der Waals surface area contributed by atoms with Crippen molar-refractivity contribution in [2.75, 3.05) is 0 Å². The zero-order valence-corrected chi connectivity index (χ0v) is 14.6. The molecule has 1 aliphatic rings. The molecule has 0 spiro atoms. The van der Waals surface area contributed by atoms with Gasteiger partial charge in [0.2, 0.25) is 0 Å². The number of para-hydroxylation sites is 1. The van der Waals surface area contributed by atoms with E-state index in [-0.39, 0.29) is 0 Å². The maximum atomic E-state index is 13.5. The van der Waals surface area contributed by atoms with Crippen molar-refractivity contribution >= 4 is 12.7 Å². The highest BCUT2D eigenvalue weighted by atomic mass is 31.2. The van der Waals surface area contributed by atoms with Gasteiger partial charge in [-0.3, -0.25) is 4.57 Å². The summed E-state index contributed by atoms with van der Waals surface area (Å²) in [7, 11) is -3.09. The van der Waals surface area contributed by atoms with Crippen LogP contribution in [0.4, 0.5) is 0 Å². The predicted molar refractivity (Wildman–Crippen MR) is 96.5 cm³/mol. The van der Waals surface area contributed by atoms with Crippen LogP contribution >= 0.6 is 7.37 Å². The fourth-order valence-electron chi connectivity index (χ4n) is 2.90. The Labute approximate surface area is 138 Å². The van der Waals surface area contributed by atoms with Gasteiger partial charge in [-0.05, 0) is 42.5 Å². The maximum Gasteiger partial charge on any atom is 0.307 e. The van der Waals surface area contributed by atoms with Gasteiger partial charge in [0, 0.05) is 5.56 Å². The van der Waals surface area contributed by atoms with Crippen LogP contribution in [0.1, 0.15) is 27.2 Å². The molecule has 0 saturated heterocycles. The van der Waals surface area contributed by atoms with Gasteiger partial charge >= 0.3 is 7.37 Å². The van der Waals surface area contributed by atoms with E-state index in [2.05, 4.69) is 19.6 Å². The number of hydrogen-bond acceptors (Lipinski definition) is 2. The van der Waals surface area contributed by atoms with Gasteiger partial charge in [0.05, 0.1) is 11.1 Å².